The van der Waals surface area contributed by atoms with E-state index in [-0.39, 0.29) is 5.92 Å². The highest BCUT2D eigenvalue weighted by molar-refractivity contribution is 5.43. The Morgan fingerprint density at radius 2 is 2.12 bits per heavy atom. The zero-order valence-electron chi connectivity index (χ0n) is 9.90. The van der Waals surface area contributed by atoms with E-state index in [0.29, 0.717) is 5.75 Å². The highest BCUT2D eigenvalue weighted by Gasteiger charge is 2.11. The second kappa shape index (κ2) is 5.36. The summed E-state index contributed by atoms with van der Waals surface area (Å²) in [5.41, 5.74) is 3.01. The van der Waals surface area contributed by atoms with Crippen LogP contribution in [0.1, 0.15) is 24.0 Å². The normalized spacial score (nSPS) is 12.6. The molecule has 0 saturated carbocycles. The van der Waals surface area contributed by atoms with Gasteiger partial charge in [-0.25, -0.2) is 0 Å². The van der Waals surface area contributed by atoms with Gasteiger partial charge in [0.1, 0.15) is 5.75 Å². The number of aryl methyl sites for hydroxylation is 1. The number of rotatable bonds is 4. The maximum absolute atomic E-state index is 9.79. The number of hydrogen-bond acceptors (Lipinski definition) is 1. The predicted molar refractivity (Wildman–Crippen MR) is 69.7 cm³/mol. The van der Waals surface area contributed by atoms with Crippen molar-refractivity contribution in [3.05, 3.63) is 66.3 Å². The first-order valence-electron chi connectivity index (χ1n) is 5.33. The van der Waals surface area contributed by atoms with Crippen LogP contribution < -0.4 is 0 Å². The molecule has 84 valence electrons. The Morgan fingerprint density at radius 1 is 1.44 bits per heavy atom. The largest absolute Gasteiger partial charge is 0.508 e. The van der Waals surface area contributed by atoms with Gasteiger partial charge in [-0.3, -0.25) is 0 Å². The first-order valence-corrected chi connectivity index (χ1v) is 5.33. The molecule has 0 radical (unpaired) electrons. The molecule has 0 aromatic heterocycles. The van der Waals surface area contributed by atoms with Crippen LogP contribution >= 0.6 is 0 Å². The standard InChI is InChI=1S/C15H18O/c1-5-6-7-12(3)13(4)14-10-11(2)8-9-15(14)16/h5-10,13,16H,1,3H2,2,4H3/b7-6-. The molecular formula is C15H18O. The lowest BCUT2D eigenvalue weighted by Gasteiger charge is -2.14. The van der Waals surface area contributed by atoms with Crippen LogP contribution in [-0.4, -0.2) is 5.11 Å². The molecule has 0 bridgehead atoms. The van der Waals surface area contributed by atoms with Crippen LogP contribution in [0, 0.1) is 6.92 Å². The van der Waals surface area contributed by atoms with Gasteiger partial charge in [-0.1, -0.05) is 56.0 Å². The smallest absolute Gasteiger partial charge is 0.119 e. The van der Waals surface area contributed by atoms with Crippen LogP contribution in [0.4, 0.5) is 0 Å². The van der Waals surface area contributed by atoms with Crippen molar-refractivity contribution in [2.24, 2.45) is 0 Å². The van der Waals surface area contributed by atoms with Crippen molar-refractivity contribution < 1.29 is 5.11 Å². The average Bonchev–Trinajstić information content (AvgIpc) is 2.28. The third-order valence-corrected chi connectivity index (χ3v) is 2.65. The third kappa shape index (κ3) is 2.86. The lowest BCUT2D eigenvalue weighted by molar-refractivity contribution is 0.466. The van der Waals surface area contributed by atoms with Crippen LogP contribution in [0.2, 0.25) is 0 Å². The minimum Gasteiger partial charge on any atom is -0.508 e. The SMILES string of the molecule is C=C/C=C\C(=C)C(C)c1cc(C)ccc1O. The molecule has 1 atom stereocenters. The fraction of sp³-hybridized carbons (Fsp3) is 0.200. The molecule has 0 saturated heterocycles. The number of benzene rings is 1. The molecule has 0 fully saturated rings. The van der Waals surface area contributed by atoms with Crippen LogP contribution in [-0.2, 0) is 0 Å². The molecule has 1 N–H and O–H groups in total. The van der Waals surface area contributed by atoms with E-state index in [9.17, 15) is 5.11 Å². The third-order valence-electron chi connectivity index (χ3n) is 2.65. The summed E-state index contributed by atoms with van der Waals surface area (Å²) in [7, 11) is 0. The van der Waals surface area contributed by atoms with Crippen molar-refractivity contribution in [3.63, 3.8) is 0 Å². The number of phenolic OH excluding ortho intramolecular Hbond substituents is 1. The average molecular weight is 214 g/mol. The highest BCUT2D eigenvalue weighted by atomic mass is 16.3. The molecule has 1 aromatic carbocycles. The van der Waals surface area contributed by atoms with E-state index >= 15 is 0 Å². The van der Waals surface area contributed by atoms with E-state index in [1.165, 1.54) is 0 Å². The Morgan fingerprint density at radius 3 is 2.75 bits per heavy atom. The van der Waals surface area contributed by atoms with Gasteiger partial charge in [0.2, 0.25) is 0 Å². The monoisotopic (exact) mass is 214 g/mol. The lowest BCUT2D eigenvalue weighted by atomic mass is 9.92. The van der Waals surface area contributed by atoms with Crippen LogP contribution in [0.25, 0.3) is 0 Å². The van der Waals surface area contributed by atoms with Gasteiger partial charge in [0.25, 0.3) is 0 Å². The fourth-order valence-corrected chi connectivity index (χ4v) is 1.56. The molecule has 16 heavy (non-hydrogen) atoms. The molecule has 1 nitrogen and oxygen atoms in total. The zero-order chi connectivity index (χ0) is 12.1. The van der Waals surface area contributed by atoms with Crippen LogP contribution in [0.15, 0.2) is 55.2 Å². The van der Waals surface area contributed by atoms with E-state index in [0.717, 1.165) is 16.7 Å². The maximum Gasteiger partial charge on any atom is 0.119 e. The van der Waals surface area contributed by atoms with E-state index in [1.807, 2.05) is 38.1 Å². The first-order chi connectivity index (χ1) is 7.56. The quantitative estimate of drug-likeness (QED) is 0.748. The summed E-state index contributed by atoms with van der Waals surface area (Å²) >= 11 is 0. The van der Waals surface area contributed by atoms with E-state index in [1.54, 1.807) is 12.1 Å². The molecule has 1 heteroatoms. The number of hydrogen-bond donors (Lipinski definition) is 1. The molecule has 0 heterocycles. The van der Waals surface area contributed by atoms with Gasteiger partial charge in [-0.05, 0) is 18.6 Å². The van der Waals surface area contributed by atoms with Gasteiger partial charge in [0.15, 0.2) is 0 Å². The van der Waals surface area contributed by atoms with Crippen molar-refractivity contribution in [1.82, 2.24) is 0 Å². The topological polar surface area (TPSA) is 20.2 Å². The second-order valence-electron chi connectivity index (χ2n) is 3.95. The molecule has 1 aromatic rings. The number of aromatic hydroxyl groups is 1. The number of allylic oxidation sites excluding steroid dienone is 4. The molecule has 0 aliphatic heterocycles. The van der Waals surface area contributed by atoms with Crippen molar-refractivity contribution in [1.29, 1.82) is 0 Å². The van der Waals surface area contributed by atoms with Crippen LogP contribution in [0.3, 0.4) is 0 Å². The molecule has 0 spiro atoms. The lowest BCUT2D eigenvalue weighted by Crippen LogP contribution is -1.96. The zero-order valence-corrected chi connectivity index (χ0v) is 9.90. The predicted octanol–water partition coefficient (Wildman–Crippen LogP) is 4.10. The summed E-state index contributed by atoms with van der Waals surface area (Å²) < 4.78 is 0. The molecule has 0 aliphatic rings. The summed E-state index contributed by atoms with van der Waals surface area (Å²) in [5, 5.41) is 9.79. The Labute approximate surface area is 97.4 Å². The Balaban J connectivity index is 2.99. The van der Waals surface area contributed by atoms with E-state index < -0.39 is 0 Å². The summed E-state index contributed by atoms with van der Waals surface area (Å²) in [5.74, 6) is 0.433. The van der Waals surface area contributed by atoms with Crippen LogP contribution in [0.5, 0.6) is 5.75 Å². The summed E-state index contributed by atoms with van der Waals surface area (Å²) in [4.78, 5) is 0. The summed E-state index contributed by atoms with van der Waals surface area (Å²) in [6.07, 6.45) is 5.49. The Kier molecular flexibility index (Phi) is 4.12. The first kappa shape index (κ1) is 12.3. The van der Waals surface area contributed by atoms with Gasteiger partial charge < -0.3 is 5.11 Å². The second-order valence-corrected chi connectivity index (χ2v) is 3.95. The van der Waals surface area contributed by atoms with Gasteiger partial charge >= 0.3 is 0 Å². The Hall–Kier alpha value is -1.76. The maximum atomic E-state index is 9.79. The van der Waals surface area contributed by atoms with Gasteiger partial charge in [-0.15, -0.1) is 0 Å². The van der Waals surface area contributed by atoms with E-state index in [2.05, 4.69) is 13.2 Å². The van der Waals surface area contributed by atoms with Gasteiger partial charge in [0, 0.05) is 11.5 Å². The van der Waals surface area contributed by atoms with Crippen molar-refractivity contribution >= 4 is 0 Å². The minimum atomic E-state index is 0.107. The van der Waals surface area contributed by atoms with Gasteiger partial charge in [-0.2, -0.15) is 0 Å². The Bertz CT molecular complexity index is 427. The molecule has 1 unspecified atom stereocenters. The van der Waals surface area contributed by atoms with Crippen molar-refractivity contribution in [2.45, 2.75) is 19.8 Å². The molecule has 1 rings (SSSR count). The molecular weight excluding hydrogens is 196 g/mol. The van der Waals surface area contributed by atoms with Crippen molar-refractivity contribution in [3.8, 4) is 5.75 Å². The summed E-state index contributed by atoms with van der Waals surface area (Å²) in [6.45, 7) is 11.7. The highest BCUT2D eigenvalue weighted by Crippen LogP contribution is 2.31. The van der Waals surface area contributed by atoms with E-state index in [4.69, 9.17) is 0 Å². The number of phenols is 1. The summed E-state index contributed by atoms with van der Waals surface area (Å²) in [6, 6.07) is 5.62. The molecule has 0 amide bonds. The van der Waals surface area contributed by atoms with Crippen molar-refractivity contribution in [2.75, 3.05) is 0 Å². The van der Waals surface area contributed by atoms with Gasteiger partial charge in [0.05, 0.1) is 0 Å². The molecule has 0 aliphatic carbocycles. The fourth-order valence-electron chi connectivity index (χ4n) is 1.56. The minimum absolute atomic E-state index is 0.107.